The average molecular weight is 377 g/mol. The van der Waals surface area contributed by atoms with Crippen molar-refractivity contribution in [1.82, 2.24) is 5.32 Å². The summed E-state index contributed by atoms with van der Waals surface area (Å²) < 4.78 is 11.5. The van der Waals surface area contributed by atoms with Crippen molar-refractivity contribution >= 4 is 5.91 Å². The highest BCUT2D eigenvalue weighted by atomic mass is 16.5. The molecule has 1 saturated carbocycles. The summed E-state index contributed by atoms with van der Waals surface area (Å²) in [7, 11) is 3.42. The molecule has 0 bridgehead atoms. The van der Waals surface area contributed by atoms with Gasteiger partial charge in [0.15, 0.2) is 0 Å². The van der Waals surface area contributed by atoms with E-state index in [1.807, 2.05) is 24.3 Å². The van der Waals surface area contributed by atoms with Gasteiger partial charge in [-0.25, -0.2) is 0 Å². The molecule has 28 heavy (non-hydrogen) atoms. The molecule has 3 atom stereocenters. The molecule has 1 spiro atoms. The van der Waals surface area contributed by atoms with Gasteiger partial charge in [-0.05, 0) is 47.9 Å². The lowest BCUT2D eigenvalue weighted by molar-refractivity contribution is 0.0912. The molecule has 0 saturated heterocycles. The van der Waals surface area contributed by atoms with Crippen molar-refractivity contribution in [2.24, 2.45) is 5.92 Å². The minimum absolute atomic E-state index is 0.0334. The van der Waals surface area contributed by atoms with Crippen LogP contribution in [0.4, 0.5) is 0 Å². The fraction of sp³-hybridized carbons (Fsp3) is 0.458. The molecule has 4 nitrogen and oxygen atoms in total. The van der Waals surface area contributed by atoms with Gasteiger partial charge < -0.3 is 14.8 Å². The fourth-order valence-corrected chi connectivity index (χ4v) is 5.99. The zero-order valence-corrected chi connectivity index (χ0v) is 16.6. The first kappa shape index (κ1) is 17.6. The number of fused-ring (bicyclic) bond motifs is 7. The predicted octanol–water partition coefficient (Wildman–Crippen LogP) is 4.76. The SMILES string of the molecule is COc1cc(OC)c2c(c1)[C@]1(NC(=O)c3ccccc31)[C@@H]1CCCCCC[C@H]21. The van der Waals surface area contributed by atoms with Crippen LogP contribution >= 0.6 is 0 Å². The molecule has 5 rings (SSSR count). The van der Waals surface area contributed by atoms with Crippen molar-refractivity contribution in [3.63, 3.8) is 0 Å². The van der Waals surface area contributed by atoms with Gasteiger partial charge >= 0.3 is 0 Å². The molecule has 4 heteroatoms. The minimum atomic E-state index is -0.479. The summed E-state index contributed by atoms with van der Waals surface area (Å²) in [6.45, 7) is 0. The molecule has 2 aromatic carbocycles. The number of nitrogens with one attached hydrogen (secondary N) is 1. The molecule has 146 valence electrons. The number of amides is 1. The zero-order valence-electron chi connectivity index (χ0n) is 16.6. The van der Waals surface area contributed by atoms with Gasteiger partial charge in [-0.1, -0.05) is 43.9 Å². The van der Waals surface area contributed by atoms with Crippen LogP contribution in [0.1, 0.15) is 71.5 Å². The van der Waals surface area contributed by atoms with Crippen LogP contribution in [0.15, 0.2) is 36.4 Å². The van der Waals surface area contributed by atoms with Gasteiger partial charge in [0, 0.05) is 17.2 Å². The lowest BCUT2D eigenvalue weighted by Gasteiger charge is -2.37. The maximum absolute atomic E-state index is 13.0. The van der Waals surface area contributed by atoms with Gasteiger partial charge in [-0.15, -0.1) is 0 Å². The summed E-state index contributed by atoms with van der Waals surface area (Å²) in [5.41, 5.74) is 3.88. The van der Waals surface area contributed by atoms with E-state index >= 15 is 0 Å². The number of rotatable bonds is 2. The molecule has 1 heterocycles. The van der Waals surface area contributed by atoms with Crippen LogP contribution in [0.3, 0.4) is 0 Å². The molecule has 0 unspecified atom stereocenters. The second-order valence-electron chi connectivity index (χ2n) is 8.30. The Kier molecular flexibility index (Phi) is 4.11. The topological polar surface area (TPSA) is 47.6 Å². The van der Waals surface area contributed by atoms with Crippen LogP contribution in [0.25, 0.3) is 0 Å². The van der Waals surface area contributed by atoms with Crippen molar-refractivity contribution in [2.75, 3.05) is 14.2 Å². The van der Waals surface area contributed by atoms with E-state index in [4.69, 9.17) is 9.47 Å². The molecule has 0 radical (unpaired) electrons. The van der Waals surface area contributed by atoms with E-state index in [0.717, 1.165) is 35.5 Å². The second-order valence-corrected chi connectivity index (χ2v) is 8.30. The number of carbonyl (C=O) groups excluding carboxylic acids is 1. The summed E-state index contributed by atoms with van der Waals surface area (Å²) in [4.78, 5) is 13.0. The van der Waals surface area contributed by atoms with Crippen LogP contribution < -0.4 is 14.8 Å². The quantitative estimate of drug-likeness (QED) is 0.821. The van der Waals surface area contributed by atoms with Crippen LogP contribution in [-0.2, 0) is 5.54 Å². The van der Waals surface area contributed by atoms with Gasteiger partial charge in [-0.3, -0.25) is 4.79 Å². The molecule has 1 N–H and O–H groups in total. The number of ether oxygens (including phenoxy) is 2. The van der Waals surface area contributed by atoms with E-state index in [-0.39, 0.29) is 5.91 Å². The molecule has 1 fully saturated rings. The van der Waals surface area contributed by atoms with Gasteiger partial charge in [0.1, 0.15) is 11.5 Å². The largest absolute Gasteiger partial charge is 0.497 e. The first-order valence-electron chi connectivity index (χ1n) is 10.4. The van der Waals surface area contributed by atoms with Gasteiger partial charge in [0.25, 0.3) is 5.91 Å². The number of carbonyl (C=O) groups is 1. The van der Waals surface area contributed by atoms with Crippen LogP contribution in [0, 0.1) is 5.92 Å². The summed E-state index contributed by atoms with van der Waals surface area (Å²) in [5.74, 6) is 2.44. The Morgan fingerprint density at radius 3 is 2.54 bits per heavy atom. The third-order valence-electron chi connectivity index (χ3n) is 7.10. The number of hydrogen-bond donors (Lipinski definition) is 1. The molecule has 1 aliphatic heterocycles. The third-order valence-corrected chi connectivity index (χ3v) is 7.10. The van der Waals surface area contributed by atoms with E-state index in [0.29, 0.717) is 11.8 Å². The lowest BCUT2D eigenvalue weighted by Crippen LogP contribution is -2.45. The van der Waals surface area contributed by atoms with Gasteiger partial charge in [-0.2, -0.15) is 0 Å². The Morgan fingerprint density at radius 2 is 1.75 bits per heavy atom. The molecule has 2 aromatic rings. The summed E-state index contributed by atoms with van der Waals surface area (Å²) in [6.07, 6.45) is 7.23. The monoisotopic (exact) mass is 377 g/mol. The summed E-state index contributed by atoms with van der Waals surface area (Å²) in [5, 5.41) is 3.45. The van der Waals surface area contributed by atoms with E-state index in [1.165, 1.54) is 36.8 Å². The maximum atomic E-state index is 13.0. The maximum Gasteiger partial charge on any atom is 0.252 e. The zero-order chi connectivity index (χ0) is 19.3. The second kappa shape index (κ2) is 6.54. The molecule has 0 aromatic heterocycles. The Bertz CT molecular complexity index is 937. The van der Waals surface area contributed by atoms with E-state index in [1.54, 1.807) is 14.2 Å². The van der Waals surface area contributed by atoms with Gasteiger partial charge in [0.2, 0.25) is 0 Å². The average Bonchev–Trinajstić information content (AvgIpc) is 3.13. The van der Waals surface area contributed by atoms with Crippen LogP contribution in [-0.4, -0.2) is 20.1 Å². The van der Waals surface area contributed by atoms with Crippen molar-refractivity contribution in [3.05, 3.63) is 58.7 Å². The Hall–Kier alpha value is -2.49. The molecular weight excluding hydrogens is 350 g/mol. The standard InChI is InChI=1S/C24H27NO3/c1-27-15-13-20-22(21(14-15)28-2)16-9-5-3-4-6-11-18(16)24(20)19-12-8-7-10-17(19)23(26)25-24/h7-8,10,12-14,16,18H,3-6,9,11H2,1-2H3,(H,25,26)/t16-,18+,24-/m0/s1. The molecule has 1 amide bonds. The minimum Gasteiger partial charge on any atom is -0.497 e. The van der Waals surface area contributed by atoms with Crippen LogP contribution in [0.2, 0.25) is 0 Å². The molecule has 3 aliphatic rings. The Balaban J connectivity index is 1.82. The fourth-order valence-electron chi connectivity index (χ4n) is 5.99. The van der Waals surface area contributed by atoms with E-state index < -0.39 is 5.54 Å². The first-order chi connectivity index (χ1) is 13.7. The normalized spacial score (nSPS) is 28.0. The molecule has 2 aliphatic carbocycles. The Morgan fingerprint density at radius 1 is 0.964 bits per heavy atom. The summed E-state index contributed by atoms with van der Waals surface area (Å²) >= 11 is 0. The smallest absolute Gasteiger partial charge is 0.252 e. The van der Waals surface area contributed by atoms with Crippen LogP contribution in [0.5, 0.6) is 11.5 Å². The van der Waals surface area contributed by atoms with E-state index in [9.17, 15) is 4.79 Å². The number of hydrogen-bond acceptors (Lipinski definition) is 3. The lowest BCUT2D eigenvalue weighted by atomic mass is 9.71. The first-order valence-corrected chi connectivity index (χ1v) is 10.4. The highest BCUT2D eigenvalue weighted by molar-refractivity contribution is 6.01. The number of methoxy groups -OCH3 is 2. The van der Waals surface area contributed by atoms with E-state index in [2.05, 4.69) is 17.4 Å². The number of benzene rings is 2. The van der Waals surface area contributed by atoms with Crippen molar-refractivity contribution in [2.45, 2.75) is 50.0 Å². The highest BCUT2D eigenvalue weighted by Gasteiger charge is 2.58. The third kappa shape index (κ3) is 2.27. The molecular formula is C24H27NO3. The van der Waals surface area contributed by atoms with Crippen molar-refractivity contribution < 1.29 is 14.3 Å². The highest BCUT2D eigenvalue weighted by Crippen LogP contribution is 2.61. The summed E-state index contributed by atoms with van der Waals surface area (Å²) in [6, 6.07) is 12.2. The predicted molar refractivity (Wildman–Crippen MR) is 108 cm³/mol. The van der Waals surface area contributed by atoms with Gasteiger partial charge in [0.05, 0.1) is 19.8 Å². The van der Waals surface area contributed by atoms with Crippen molar-refractivity contribution in [3.8, 4) is 11.5 Å². The Labute approximate surface area is 166 Å². The van der Waals surface area contributed by atoms with Crippen molar-refractivity contribution in [1.29, 1.82) is 0 Å².